The monoisotopic (exact) mass is 297 g/mol. The first-order valence-electron chi connectivity index (χ1n) is 7.41. The SMILES string of the molecule is COc1nc(CCC(C)C)nc2ccc(-c3cnco3)cc12. The molecule has 0 aliphatic heterocycles. The van der Waals surface area contributed by atoms with E-state index in [2.05, 4.69) is 28.8 Å². The van der Waals surface area contributed by atoms with E-state index >= 15 is 0 Å². The van der Waals surface area contributed by atoms with Crippen LogP contribution in [-0.4, -0.2) is 22.1 Å². The largest absolute Gasteiger partial charge is 0.480 e. The number of aromatic nitrogens is 3. The third-order valence-corrected chi connectivity index (χ3v) is 3.56. The number of hydrogen-bond donors (Lipinski definition) is 0. The van der Waals surface area contributed by atoms with Crippen LogP contribution in [0.2, 0.25) is 0 Å². The normalized spacial score (nSPS) is 11.3. The number of nitrogens with zero attached hydrogens (tertiary/aromatic N) is 3. The van der Waals surface area contributed by atoms with Gasteiger partial charge in [0.25, 0.3) is 0 Å². The van der Waals surface area contributed by atoms with Crippen LogP contribution in [0.5, 0.6) is 5.88 Å². The highest BCUT2D eigenvalue weighted by Gasteiger charge is 2.11. The highest BCUT2D eigenvalue weighted by Crippen LogP contribution is 2.28. The molecule has 0 saturated carbocycles. The molecule has 114 valence electrons. The Morgan fingerprint density at radius 2 is 2.09 bits per heavy atom. The molecule has 0 atom stereocenters. The van der Waals surface area contributed by atoms with Gasteiger partial charge in [0, 0.05) is 12.0 Å². The summed E-state index contributed by atoms with van der Waals surface area (Å²) in [4.78, 5) is 13.1. The molecule has 0 amide bonds. The number of hydrogen-bond acceptors (Lipinski definition) is 5. The van der Waals surface area contributed by atoms with Gasteiger partial charge in [-0.25, -0.2) is 9.97 Å². The number of benzene rings is 1. The molecule has 0 aliphatic rings. The minimum Gasteiger partial charge on any atom is -0.480 e. The maximum absolute atomic E-state index is 5.45. The van der Waals surface area contributed by atoms with Crippen molar-refractivity contribution < 1.29 is 9.15 Å². The molecule has 0 saturated heterocycles. The Morgan fingerprint density at radius 1 is 1.23 bits per heavy atom. The average molecular weight is 297 g/mol. The lowest BCUT2D eigenvalue weighted by Gasteiger charge is -2.09. The van der Waals surface area contributed by atoms with Gasteiger partial charge in [-0.2, -0.15) is 4.98 Å². The summed E-state index contributed by atoms with van der Waals surface area (Å²) in [5.74, 6) is 2.77. The Kier molecular flexibility index (Phi) is 4.04. The number of fused-ring (bicyclic) bond motifs is 1. The van der Waals surface area contributed by atoms with Crippen molar-refractivity contribution in [2.24, 2.45) is 5.92 Å². The minimum atomic E-state index is 0.602. The van der Waals surface area contributed by atoms with Crippen LogP contribution in [-0.2, 0) is 6.42 Å². The number of oxazole rings is 1. The van der Waals surface area contributed by atoms with Crippen LogP contribution in [0.15, 0.2) is 35.2 Å². The Balaban J connectivity index is 2.03. The van der Waals surface area contributed by atoms with Crippen LogP contribution >= 0.6 is 0 Å². The molecule has 2 aromatic heterocycles. The first kappa shape index (κ1) is 14.5. The second kappa shape index (κ2) is 6.13. The standard InChI is InChI=1S/C17H19N3O2/c1-11(2)4-7-16-19-14-6-5-12(15-9-18-10-22-15)8-13(14)17(20-16)21-3/h5-6,8-11H,4,7H2,1-3H3. The van der Waals surface area contributed by atoms with Crippen molar-refractivity contribution in [2.75, 3.05) is 7.11 Å². The number of rotatable bonds is 5. The van der Waals surface area contributed by atoms with Crippen LogP contribution in [0.3, 0.4) is 0 Å². The molecule has 2 heterocycles. The maximum Gasteiger partial charge on any atom is 0.224 e. The summed E-state index contributed by atoms with van der Waals surface area (Å²) < 4.78 is 10.8. The summed E-state index contributed by atoms with van der Waals surface area (Å²) in [6, 6.07) is 5.92. The average Bonchev–Trinajstić information content (AvgIpc) is 3.06. The van der Waals surface area contributed by atoms with Gasteiger partial charge in [-0.1, -0.05) is 13.8 Å². The zero-order valence-corrected chi connectivity index (χ0v) is 13.0. The molecule has 3 aromatic rings. The van der Waals surface area contributed by atoms with E-state index in [0.717, 1.165) is 35.1 Å². The van der Waals surface area contributed by atoms with Gasteiger partial charge in [-0.3, -0.25) is 0 Å². The van der Waals surface area contributed by atoms with E-state index in [0.29, 0.717) is 17.6 Å². The Bertz CT molecular complexity index is 767. The molecule has 3 rings (SSSR count). The molecular weight excluding hydrogens is 278 g/mol. The van der Waals surface area contributed by atoms with Crippen molar-refractivity contribution in [3.63, 3.8) is 0 Å². The van der Waals surface area contributed by atoms with Crippen molar-refractivity contribution >= 4 is 10.9 Å². The Morgan fingerprint density at radius 3 is 2.77 bits per heavy atom. The van der Waals surface area contributed by atoms with Crippen LogP contribution in [0.1, 0.15) is 26.1 Å². The molecule has 0 N–H and O–H groups in total. The van der Waals surface area contributed by atoms with Crippen molar-refractivity contribution in [2.45, 2.75) is 26.7 Å². The smallest absolute Gasteiger partial charge is 0.224 e. The zero-order chi connectivity index (χ0) is 15.5. The van der Waals surface area contributed by atoms with Gasteiger partial charge in [-0.05, 0) is 30.5 Å². The molecule has 22 heavy (non-hydrogen) atoms. The summed E-state index contributed by atoms with van der Waals surface area (Å²) in [6.07, 6.45) is 5.02. The molecule has 0 bridgehead atoms. The van der Waals surface area contributed by atoms with Gasteiger partial charge in [0.05, 0.1) is 24.2 Å². The predicted octanol–water partition coefficient (Wildman–Crippen LogP) is 3.88. The van der Waals surface area contributed by atoms with Crippen LogP contribution in [0, 0.1) is 5.92 Å². The molecule has 1 aromatic carbocycles. The molecule has 0 unspecified atom stereocenters. The molecule has 0 aliphatic carbocycles. The number of aryl methyl sites for hydroxylation is 1. The van der Waals surface area contributed by atoms with Crippen molar-refractivity contribution in [1.82, 2.24) is 15.0 Å². The minimum absolute atomic E-state index is 0.602. The van der Waals surface area contributed by atoms with Crippen LogP contribution in [0.4, 0.5) is 0 Å². The van der Waals surface area contributed by atoms with Gasteiger partial charge >= 0.3 is 0 Å². The second-order valence-corrected chi connectivity index (χ2v) is 5.68. The predicted molar refractivity (Wildman–Crippen MR) is 84.7 cm³/mol. The lowest BCUT2D eigenvalue weighted by atomic mass is 10.1. The fourth-order valence-electron chi connectivity index (χ4n) is 2.34. The van der Waals surface area contributed by atoms with Gasteiger partial charge in [0.15, 0.2) is 12.2 Å². The summed E-state index contributed by atoms with van der Waals surface area (Å²) in [5.41, 5.74) is 1.82. The summed E-state index contributed by atoms with van der Waals surface area (Å²) in [6.45, 7) is 4.39. The highest BCUT2D eigenvalue weighted by molar-refractivity contribution is 5.87. The summed E-state index contributed by atoms with van der Waals surface area (Å²) in [5, 5.41) is 0.879. The summed E-state index contributed by atoms with van der Waals surface area (Å²) in [7, 11) is 1.63. The van der Waals surface area contributed by atoms with Crippen LogP contribution in [0.25, 0.3) is 22.2 Å². The molecule has 5 heteroatoms. The first-order chi connectivity index (χ1) is 10.7. The fourth-order valence-corrected chi connectivity index (χ4v) is 2.34. The van der Waals surface area contributed by atoms with Gasteiger partial charge in [0.1, 0.15) is 5.82 Å². The first-order valence-corrected chi connectivity index (χ1v) is 7.41. The third-order valence-electron chi connectivity index (χ3n) is 3.56. The topological polar surface area (TPSA) is 61.0 Å². The lowest BCUT2D eigenvalue weighted by Crippen LogP contribution is -2.01. The van der Waals surface area contributed by atoms with Crippen molar-refractivity contribution in [3.8, 4) is 17.2 Å². The van der Waals surface area contributed by atoms with E-state index in [1.807, 2.05) is 18.2 Å². The molecular formula is C17H19N3O2. The van der Waals surface area contributed by atoms with E-state index in [1.165, 1.54) is 6.39 Å². The lowest BCUT2D eigenvalue weighted by molar-refractivity contribution is 0.400. The fraction of sp³-hybridized carbons (Fsp3) is 0.353. The second-order valence-electron chi connectivity index (χ2n) is 5.68. The molecule has 0 radical (unpaired) electrons. The summed E-state index contributed by atoms with van der Waals surface area (Å²) >= 11 is 0. The number of ether oxygens (including phenoxy) is 1. The van der Waals surface area contributed by atoms with E-state index in [4.69, 9.17) is 9.15 Å². The Labute approximate surface area is 129 Å². The van der Waals surface area contributed by atoms with Gasteiger partial charge < -0.3 is 9.15 Å². The van der Waals surface area contributed by atoms with Gasteiger partial charge in [-0.15, -0.1) is 0 Å². The molecule has 0 fully saturated rings. The maximum atomic E-state index is 5.45. The highest BCUT2D eigenvalue weighted by atomic mass is 16.5. The quantitative estimate of drug-likeness (QED) is 0.715. The molecule has 0 spiro atoms. The molecule has 5 nitrogen and oxygen atoms in total. The third kappa shape index (κ3) is 2.93. The number of methoxy groups -OCH3 is 1. The zero-order valence-electron chi connectivity index (χ0n) is 13.0. The van der Waals surface area contributed by atoms with E-state index in [9.17, 15) is 0 Å². The van der Waals surface area contributed by atoms with Crippen molar-refractivity contribution in [3.05, 3.63) is 36.6 Å². The van der Waals surface area contributed by atoms with Crippen LogP contribution < -0.4 is 4.74 Å². The van der Waals surface area contributed by atoms with E-state index < -0.39 is 0 Å². The Hall–Kier alpha value is -2.43. The van der Waals surface area contributed by atoms with E-state index in [-0.39, 0.29) is 0 Å². The van der Waals surface area contributed by atoms with Crippen molar-refractivity contribution in [1.29, 1.82) is 0 Å². The van der Waals surface area contributed by atoms with E-state index in [1.54, 1.807) is 13.3 Å². The van der Waals surface area contributed by atoms with Gasteiger partial charge in [0.2, 0.25) is 5.88 Å².